The molecule has 0 atom stereocenters. The summed E-state index contributed by atoms with van der Waals surface area (Å²) in [6.07, 6.45) is 4.75. The number of carbonyl (C=O) groups is 1. The Hall–Kier alpha value is -2.93. The summed E-state index contributed by atoms with van der Waals surface area (Å²) in [6, 6.07) is 5.21. The van der Waals surface area contributed by atoms with Crippen LogP contribution in [-0.2, 0) is 12.8 Å². The van der Waals surface area contributed by atoms with Crippen molar-refractivity contribution in [1.82, 2.24) is 9.99 Å². The van der Waals surface area contributed by atoms with Crippen molar-refractivity contribution in [3.8, 4) is 5.75 Å². The lowest BCUT2D eigenvalue weighted by Gasteiger charge is -2.11. The summed E-state index contributed by atoms with van der Waals surface area (Å²) >= 11 is 0. The van der Waals surface area contributed by atoms with Gasteiger partial charge in [0, 0.05) is 37.8 Å². The number of benzene rings is 1. The highest BCUT2D eigenvalue weighted by molar-refractivity contribution is 5.77. The fraction of sp³-hybridized carbons (Fsp3) is 0.222. The van der Waals surface area contributed by atoms with Crippen molar-refractivity contribution < 1.29 is 13.9 Å². The minimum atomic E-state index is -0.483. The Bertz CT molecular complexity index is 832. The van der Waals surface area contributed by atoms with Crippen molar-refractivity contribution in [3.05, 3.63) is 64.4 Å². The zero-order chi connectivity index (χ0) is 18.0. The Balaban J connectivity index is 1.89. The standard InChI is InChI=1S/C18H19FN4O2/c1-23(21)9-15(20)16-3-2-11(8-22-16)6-12-7-13(10-24)17(19)14-4-5-25-18(12)14/h2-3,7-10H,4-6,20-21H2,1H3/b15-9-. The van der Waals surface area contributed by atoms with Gasteiger partial charge in [-0.25, -0.2) is 10.2 Å². The summed E-state index contributed by atoms with van der Waals surface area (Å²) < 4.78 is 19.7. The number of aldehydes is 1. The maximum Gasteiger partial charge on any atom is 0.153 e. The molecule has 0 spiro atoms. The molecular formula is C18H19FN4O2. The third-order valence-electron chi connectivity index (χ3n) is 4.00. The molecule has 0 unspecified atom stereocenters. The van der Waals surface area contributed by atoms with Gasteiger partial charge >= 0.3 is 0 Å². The number of pyridine rings is 1. The Morgan fingerprint density at radius 3 is 2.92 bits per heavy atom. The molecule has 0 saturated heterocycles. The molecule has 0 saturated carbocycles. The van der Waals surface area contributed by atoms with E-state index in [0.29, 0.717) is 48.4 Å². The summed E-state index contributed by atoms with van der Waals surface area (Å²) in [7, 11) is 1.67. The van der Waals surface area contributed by atoms with Crippen LogP contribution in [0.3, 0.4) is 0 Å². The molecule has 4 N–H and O–H groups in total. The average molecular weight is 342 g/mol. The fourth-order valence-electron chi connectivity index (χ4n) is 2.86. The van der Waals surface area contributed by atoms with Crippen LogP contribution in [0.5, 0.6) is 5.75 Å². The molecule has 2 aromatic rings. The molecule has 130 valence electrons. The molecule has 6 nitrogen and oxygen atoms in total. The molecule has 0 amide bonds. The third-order valence-corrected chi connectivity index (χ3v) is 4.00. The van der Waals surface area contributed by atoms with E-state index in [1.807, 2.05) is 6.07 Å². The molecule has 1 aromatic carbocycles. The smallest absolute Gasteiger partial charge is 0.153 e. The molecule has 1 aromatic heterocycles. The number of hydrazine groups is 1. The predicted molar refractivity (Wildman–Crippen MR) is 92.1 cm³/mol. The zero-order valence-corrected chi connectivity index (χ0v) is 13.8. The monoisotopic (exact) mass is 342 g/mol. The average Bonchev–Trinajstić information content (AvgIpc) is 3.08. The Morgan fingerprint density at radius 2 is 2.28 bits per heavy atom. The first-order chi connectivity index (χ1) is 12.0. The number of rotatable bonds is 5. The molecule has 7 heteroatoms. The Morgan fingerprint density at radius 1 is 1.48 bits per heavy atom. The van der Waals surface area contributed by atoms with Gasteiger partial charge < -0.3 is 15.5 Å². The number of fused-ring (bicyclic) bond motifs is 1. The molecule has 0 radical (unpaired) electrons. The van der Waals surface area contributed by atoms with Crippen LogP contribution in [0.15, 0.2) is 30.6 Å². The van der Waals surface area contributed by atoms with Gasteiger partial charge in [0.15, 0.2) is 6.29 Å². The number of ether oxygens (including phenoxy) is 1. The second-order valence-electron chi connectivity index (χ2n) is 5.94. The zero-order valence-electron chi connectivity index (χ0n) is 13.8. The third kappa shape index (κ3) is 3.46. The number of halogens is 1. The minimum Gasteiger partial charge on any atom is -0.493 e. The lowest BCUT2D eigenvalue weighted by atomic mass is 9.98. The molecule has 3 rings (SSSR count). The topological polar surface area (TPSA) is 94.5 Å². The van der Waals surface area contributed by atoms with E-state index < -0.39 is 5.82 Å². The van der Waals surface area contributed by atoms with Crippen molar-refractivity contribution >= 4 is 12.0 Å². The van der Waals surface area contributed by atoms with Gasteiger partial charge in [-0.05, 0) is 23.3 Å². The van der Waals surface area contributed by atoms with E-state index in [1.165, 1.54) is 11.1 Å². The molecule has 0 bridgehead atoms. The molecule has 1 aliphatic rings. The van der Waals surface area contributed by atoms with Crippen molar-refractivity contribution in [2.24, 2.45) is 11.6 Å². The van der Waals surface area contributed by atoms with Crippen molar-refractivity contribution in [2.45, 2.75) is 12.8 Å². The van der Waals surface area contributed by atoms with Gasteiger partial charge in [-0.15, -0.1) is 0 Å². The molecule has 25 heavy (non-hydrogen) atoms. The lowest BCUT2D eigenvalue weighted by molar-refractivity contribution is 0.111. The molecule has 0 aliphatic carbocycles. The Kier molecular flexibility index (Phi) is 4.67. The minimum absolute atomic E-state index is 0.0574. The lowest BCUT2D eigenvalue weighted by Crippen LogP contribution is -2.20. The first kappa shape index (κ1) is 16.9. The van der Waals surface area contributed by atoms with Crippen LogP contribution in [-0.4, -0.2) is 29.9 Å². The first-order valence-corrected chi connectivity index (χ1v) is 7.82. The van der Waals surface area contributed by atoms with Gasteiger partial charge in [-0.3, -0.25) is 9.78 Å². The van der Waals surface area contributed by atoms with Crippen LogP contribution in [0, 0.1) is 5.82 Å². The van der Waals surface area contributed by atoms with E-state index in [0.717, 1.165) is 11.1 Å². The molecule has 1 aliphatic heterocycles. The number of carbonyl (C=O) groups excluding carboxylic acids is 1. The van der Waals surface area contributed by atoms with Gasteiger partial charge in [-0.1, -0.05) is 6.07 Å². The normalized spacial score (nSPS) is 13.3. The number of hydrogen-bond acceptors (Lipinski definition) is 6. The van der Waals surface area contributed by atoms with E-state index in [4.69, 9.17) is 16.3 Å². The second-order valence-corrected chi connectivity index (χ2v) is 5.94. The first-order valence-electron chi connectivity index (χ1n) is 7.82. The van der Waals surface area contributed by atoms with Crippen LogP contribution in [0.25, 0.3) is 5.70 Å². The van der Waals surface area contributed by atoms with Gasteiger partial charge in [0.1, 0.15) is 11.6 Å². The van der Waals surface area contributed by atoms with Gasteiger partial charge in [0.05, 0.1) is 23.6 Å². The number of nitrogens with zero attached hydrogens (tertiary/aromatic N) is 2. The molecule has 2 heterocycles. The second kappa shape index (κ2) is 6.90. The van der Waals surface area contributed by atoms with Crippen molar-refractivity contribution in [3.63, 3.8) is 0 Å². The van der Waals surface area contributed by atoms with E-state index in [9.17, 15) is 9.18 Å². The van der Waals surface area contributed by atoms with Crippen LogP contribution < -0.4 is 16.3 Å². The summed E-state index contributed by atoms with van der Waals surface area (Å²) in [4.78, 5) is 15.4. The largest absolute Gasteiger partial charge is 0.493 e. The quantitative estimate of drug-likeness (QED) is 0.487. The van der Waals surface area contributed by atoms with Gasteiger partial charge in [-0.2, -0.15) is 0 Å². The SMILES string of the molecule is CN(N)/C=C(\N)c1ccc(Cc2cc(C=O)c(F)c3c2OCC3)cn1. The van der Waals surface area contributed by atoms with E-state index in [2.05, 4.69) is 4.98 Å². The van der Waals surface area contributed by atoms with Gasteiger partial charge in [0.2, 0.25) is 0 Å². The highest BCUT2D eigenvalue weighted by Gasteiger charge is 2.23. The van der Waals surface area contributed by atoms with Crippen LogP contribution >= 0.6 is 0 Å². The molecule has 0 fully saturated rings. The number of hydrogen-bond donors (Lipinski definition) is 2. The summed E-state index contributed by atoms with van der Waals surface area (Å²) in [5.74, 6) is 5.59. The van der Waals surface area contributed by atoms with Crippen molar-refractivity contribution in [1.29, 1.82) is 0 Å². The van der Waals surface area contributed by atoms with Gasteiger partial charge in [0.25, 0.3) is 0 Å². The van der Waals surface area contributed by atoms with Crippen molar-refractivity contribution in [2.75, 3.05) is 13.7 Å². The highest BCUT2D eigenvalue weighted by Crippen LogP contribution is 2.34. The number of aromatic nitrogens is 1. The Labute approximate surface area is 144 Å². The maximum absolute atomic E-state index is 14.2. The highest BCUT2D eigenvalue weighted by atomic mass is 19.1. The summed E-state index contributed by atoms with van der Waals surface area (Å²) in [5.41, 5.74) is 9.17. The van der Waals surface area contributed by atoms with Crippen LogP contribution in [0.4, 0.5) is 4.39 Å². The predicted octanol–water partition coefficient (Wildman–Crippen LogP) is 1.62. The molecular weight excluding hydrogens is 323 g/mol. The fourth-order valence-corrected chi connectivity index (χ4v) is 2.86. The summed E-state index contributed by atoms with van der Waals surface area (Å²) in [5, 5.41) is 1.35. The van der Waals surface area contributed by atoms with E-state index in [1.54, 1.807) is 25.5 Å². The van der Waals surface area contributed by atoms with Crippen LogP contribution in [0.1, 0.15) is 32.7 Å². The summed E-state index contributed by atoms with van der Waals surface area (Å²) in [6.45, 7) is 0.423. The van der Waals surface area contributed by atoms with E-state index >= 15 is 0 Å². The van der Waals surface area contributed by atoms with E-state index in [-0.39, 0.29) is 5.56 Å². The van der Waals surface area contributed by atoms with Crippen LogP contribution in [0.2, 0.25) is 0 Å². The maximum atomic E-state index is 14.2. The number of nitrogens with two attached hydrogens (primary N) is 2.